The fourth-order valence-corrected chi connectivity index (χ4v) is 4.74. The number of amides is 4. The first kappa shape index (κ1) is 19.6. The second kappa shape index (κ2) is 7.27. The Hall–Kier alpha value is -2.71. The fourth-order valence-electron chi connectivity index (χ4n) is 4.74. The van der Waals surface area contributed by atoms with Gasteiger partial charge < -0.3 is 15.1 Å². The lowest BCUT2D eigenvalue weighted by atomic mass is 9.76. The quantitative estimate of drug-likeness (QED) is 0.734. The molecule has 1 saturated carbocycles. The zero-order chi connectivity index (χ0) is 20.8. The number of rotatable bonds is 2. The van der Waals surface area contributed by atoms with Crippen LogP contribution in [0.4, 0.5) is 19.3 Å². The summed E-state index contributed by atoms with van der Waals surface area (Å²) in [6, 6.07) is 2.90. The van der Waals surface area contributed by atoms with Gasteiger partial charge in [0.05, 0.1) is 0 Å². The van der Waals surface area contributed by atoms with Crippen LogP contribution in [0.3, 0.4) is 0 Å². The first-order valence-corrected chi connectivity index (χ1v) is 9.92. The van der Waals surface area contributed by atoms with Crippen LogP contribution in [-0.2, 0) is 9.59 Å². The van der Waals surface area contributed by atoms with E-state index in [9.17, 15) is 23.2 Å². The smallest absolute Gasteiger partial charge is 0.322 e. The molecule has 1 atom stereocenters. The van der Waals surface area contributed by atoms with E-state index in [-0.39, 0.29) is 23.8 Å². The molecule has 1 spiro atoms. The maximum Gasteiger partial charge on any atom is 0.322 e. The van der Waals surface area contributed by atoms with Crippen molar-refractivity contribution in [1.29, 1.82) is 0 Å². The molecule has 1 aromatic rings. The maximum absolute atomic E-state index is 13.5. The van der Waals surface area contributed by atoms with Crippen molar-refractivity contribution >= 4 is 23.5 Å². The number of piperazine rings is 1. The van der Waals surface area contributed by atoms with E-state index < -0.39 is 23.2 Å². The lowest BCUT2D eigenvalue weighted by Gasteiger charge is -2.43. The monoisotopic (exact) mass is 406 g/mol. The highest BCUT2D eigenvalue weighted by molar-refractivity contribution is 6.07. The Bertz CT molecular complexity index is 834. The first-order valence-electron chi connectivity index (χ1n) is 9.92. The molecular weight excluding hydrogens is 382 g/mol. The number of halogens is 2. The summed E-state index contributed by atoms with van der Waals surface area (Å²) >= 11 is 0. The minimum Gasteiger partial charge on any atom is -0.365 e. The molecule has 1 aliphatic carbocycles. The van der Waals surface area contributed by atoms with Gasteiger partial charge in [-0.2, -0.15) is 0 Å². The number of nitrogens with zero attached hydrogens (tertiary/aromatic N) is 2. The number of anilines is 1. The van der Waals surface area contributed by atoms with Crippen molar-refractivity contribution in [3.05, 3.63) is 29.8 Å². The van der Waals surface area contributed by atoms with E-state index in [1.54, 1.807) is 4.90 Å². The van der Waals surface area contributed by atoms with Crippen LogP contribution in [0.15, 0.2) is 18.2 Å². The van der Waals surface area contributed by atoms with Gasteiger partial charge in [0.2, 0.25) is 5.91 Å². The average Bonchev–Trinajstić information content (AvgIpc) is 2.93. The summed E-state index contributed by atoms with van der Waals surface area (Å²) in [4.78, 5) is 40.2. The van der Waals surface area contributed by atoms with Gasteiger partial charge in [-0.3, -0.25) is 14.9 Å². The lowest BCUT2D eigenvalue weighted by molar-refractivity contribution is -0.139. The SMILES string of the molecule is C[C@H]1CN(C(=O)C2CCC3(CC2)NC(=O)NC3=O)CCN1c1cc(F)cc(F)c1. The molecule has 3 aliphatic rings. The van der Waals surface area contributed by atoms with Crippen LogP contribution in [0.1, 0.15) is 32.6 Å². The van der Waals surface area contributed by atoms with E-state index in [0.717, 1.165) is 6.07 Å². The number of hydrogen-bond acceptors (Lipinski definition) is 4. The number of imide groups is 1. The lowest BCUT2D eigenvalue weighted by Crippen LogP contribution is -2.56. The van der Waals surface area contributed by atoms with Gasteiger partial charge in [-0.15, -0.1) is 0 Å². The molecule has 156 valence electrons. The minimum absolute atomic E-state index is 0.0431. The highest BCUT2D eigenvalue weighted by atomic mass is 19.1. The normalized spacial score (nSPS) is 29.8. The van der Waals surface area contributed by atoms with Gasteiger partial charge in [0.15, 0.2) is 0 Å². The van der Waals surface area contributed by atoms with E-state index in [2.05, 4.69) is 10.6 Å². The summed E-state index contributed by atoms with van der Waals surface area (Å²) in [7, 11) is 0. The zero-order valence-electron chi connectivity index (χ0n) is 16.2. The van der Waals surface area contributed by atoms with Crippen molar-refractivity contribution in [2.75, 3.05) is 24.5 Å². The third kappa shape index (κ3) is 3.65. The summed E-state index contributed by atoms with van der Waals surface area (Å²) in [5.41, 5.74) is -0.397. The molecule has 7 nitrogen and oxygen atoms in total. The van der Waals surface area contributed by atoms with Gasteiger partial charge in [0, 0.05) is 43.3 Å². The molecule has 0 radical (unpaired) electrons. The van der Waals surface area contributed by atoms with Gasteiger partial charge in [-0.05, 0) is 44.7 Å². The van der Waals surface area contributed by atoms with Gasteiger partial charge in [0.1, 0.15) is 17.2 Å². The second-order valence-electron chi connectivity index (χ2n) is 8.22. The average molecular weight is 406 g/mol. The number of carbonyl (C=O) groups excluding carboxylic acids is 3. The molecule has 2 aliphatic heterocycles. The number of urea groups is 1. The maximum atomic E-state index is 13.5. The van der Waals surface area contributed by atoms with E-state index in [4.69, 9.17) is 0 Å². The molecule has 2 saturated heterocycles. The summed E-state index contributed by atoms with van der Waals surface area (Å²) in [5, 5.41) is 4.98. The zero-order valence-corrected chi connectivity index (χ0v) is 16.2. The van der Waals surface area contributed by atoms with E-state index in [0.29, 0.717) is 51.0 Å². The molecule has 0 bridgehead atoms. The Balaban J connectivity index is 1.36. The molecular formula is C20H24F2N4O3. The largest absolute Gasteiger partial charge is 0.365 e. The number of carbonyl (C=O) groups is 3. The summed E-state index contributed by atoms with van der Waals surface area (Å²) in [6.45, 7) is 3.36. The molecule has 29 heavy (non-hydrogen) atoms. The Labute approximate surface area is 167 Å². The van der Waals surface area contributed by atoms with Crippen LogP contribution in [0.5, 0.6) is 0 Å². The molecule has 1 aromatic carbocycles. The molecule has 0 unspecified atom stereocenters. The predicted molar refractivity (Wildman–Crippen MR) is 101 cm³/mol. The molecule has 4 amide bonds. The number of benzene rings is 1. The van der Waals surface area contributed by atoms with E-state index >= 15 is 0 Å². The van der Waals surface area contributed by atoms with Gasteiger partial charge >= 0.3 is 6.03 Å². The topological polar surface area (TPSA) is 81.8 Å². The number of hydrogen-bond donors (Lipinski definition) is 2. The summed E-state index contributed by atoms with van der Waals surface area (Å²) < 4.78 is 27.1. The third-order valence-electron chi connectivity index (χ3n) is 6.32. The standard InChI is InChI=1S/C20H24F2N4O3/c1-12-11-25(6-7-26(12)16-9-14(21)8-15(22)10-16)17(27)13-2-4-20(5-3-13)18(28)23-19(29)24-20/h8-10,12-13H,2-7,11H2,1H3,(H2,23,24,28,29)/t12-,13?,20?/m0/s1. The highest BCUT2D eigenvalue weighted by Gasteiger charge is 2.49. The van der Waals surface area contributed by atoms with Crippen LogP contribution in [0, 0.1) is 17.6 Å². The summed E-state index contributed by atoms with van der Waals surface area (Å²) in [6.07, 6.45) is 1.96. The van der Waals surface area contributed by atoms with Crippen molar-refractivity contribution < 1.29 is 23.2 Å². The second-order valence-corrected chi connectivity index (χ2v) is 8.22. The number of nitrogens with one attached hydrogen (secondary N) is 2. The predicted octanol–water partition coefficient (Wildman–Crippen LogP) is 1.77. The minimum atomic E-state index is -0.874. The van der Waals surface area contributed by atoms with Crippen molar-refractivity contribution in [3.8, 4) is 0 Å². The fraction of sp³-hybridized carbons (Fsp3) is 0.550. The van der Waals surface area contributed by atoms with Crippen LogP contribution < -0.4 is 15.5 Å². The third-order valence-corrected chi connectivity index (χ3v) is 6.32. The van der Waals surface area contributed by atoms with Crippen LogP contribution in [-0.4, -0.2) is 54.0 Å². The van der Waals surface area contributed by atoms with Crippen LogP contribution in [0.25, 0.3) is 0 Å². The van der Waals surface area contributed by atoms with Crippen molar-refractivity contribution in [1.82, 2.24) is 15.5 Å². The molecule has 9 heteroatoms. The van der Waals surface area contributed by atoms with Gasteiger partial charge in [-0.1, -0.05) is 0 Å². The molecule has 0 aromatic heterocycles. The van der Waals surface area contributed by atoms with Crippen LogP contribution in [0.2, 0.25) is 0 Å². The Morgan fingerprint density at radius 1 is 1.10 bits per heavy atom. The van der Waals surface area contributed by atoms with Crippen LogP contribution >= 0.6 is 0 Å². The molecule has 4 rings (SSSR count). The van der Waals surface area contributed by atoms with E-state index in [1.807, 2.05) is 11.8 Å². The highest BCUT2D eigenvalue weighted by Crippen LogP contribution is 2.35. The van der Waals surface area contributed by atoms with Crippen molar-refractivity contribution in [2.45, 2.75) is 44.2 Å². The Morgan fingerprint density at radius 2 is 1.76 bits per heavy atom. The van der Waals surface area contributed by atoms with Gasteiger partial charge in [0.25, 0.3) is 5.91 Å². The van der Waals surface area contributed by atoms with Crippen molar-refractivity contribution in [3.63, 3.8) is 0 Å². The van der Waals surface area contributed by atoms with Crippen molar-refractivity contribution in [2.24, 2.45) is 5.92 Å². The summed E-state index contributed by atoms with van der Waals surface area (Å²) in [5.74, 6) is -1.69. The Morgan fingerprint density at radius 3 is 2.31 bits per heavy atom. The molecule has 3 fully saturated rings. The molecule has 2 heterocycles. The Kier molecular flexibility index (Phi) is 4.92. The van der Waals surface area contributed by atoms with E-state index in [1.165, 1.54) is 12.1 Å². The first-order chi connectivity index (χ1) is 13.8. The van der Waals surface area contributed by atoms with Gasteiger partial charge in [-0.25, -0.2) is 13.6 Å². The molecule has 2 N–H and O–H groups in total.